The molecule has 0 aliphatic heterocycles. The van der Waals surface area contributed by atoms with Crippen LogP contribution in [0.25, 0.3) is 10.9 Å². The van der Waals surface area contributed by atoms with Crippen molar-refractivity contribution in [1.82, 2.24) is 4.57 Å². The van der Waals surface area contributed by atoms with Crippen LogP contribution in [0.2, 0.25) is 0 Å². The summed E-state index contributed by atoms with van der Waals surface area (Å²) in [5.41, 5.74) is 1.66. The van der Waals surface area contributed by atoms with Gasteiger partial charge in [-0.1, -0.05) is 12.1 Å². The van der Waals surface area contributed by atoms with E-state index in [1.165, 1.54) is 0 Å². The highest BCUT2D eigenvalue weighted by Crippen LogP contribution is 2.27. The van der Waals surface area contributed by atoms with Crippen molar-refractivity contribution in [2.24, 2.45) is 0 Å². The second-order valence-electron chi connectivity index (χ2n) is 5.74. The van der Waals surface area contributed by atoms with Crippen LogP contribution in [0.15, 0.2) is 54.7 Å². The molecule has 5 nitrogen and oxygen atoms in total. The van der Waals surface area contributed by atoms with E-state index in [-0.39, 0.29) is 11.9 Å². The molecule has 0 radical (unpaired) electrons. The summed E-state index contributed by atoms with van der Waals surface area (Å²) in [6.45, 7) is 4.46. The van der Waals surface area contributed by atoms with E-state index in [1.54, 1.807) is 7.11 Å². The summed E-state index contributed by atoms with van der Waals surface area (Å²) in [7, 11) is 1.59. The van der Waals surface area contributed by atoms with Gasteiger partial charge >= 0.3 is 0 Å². The zero-order valence-corrected chi connectivity index (χ0v) is 14.7. The summed E-state index contributed by atoms with van der Waals surface area (Å²) >= 11 is 0. The number of nitrogens with one attached hydrogen (secondary N) is 1. The van der Waals surface area contributed by atoms with E-state index in [4.69, 9.17) is 9.47 Å². The molecule has 0 saturated carbocycles. The minimum atomic E-state index is -0.361. The minimum absolute atomic E-state index is 0.101. The van der Waals surface area contributed by atoms with Gasteiger partial charge in [0.2, 0.25) is 5.91 Å². The topological polar surface area (TPSA) is 52.5 Å². The molecule has 1 N–H and O–H groups in total. The van der Waals surface area contributed by atoms with Crippen molar-refractivity contribution in [2.45, 2.75) is 19.9 Å². The van der Waals surface area contributed by atoms with Gasteiger partial charge in [-0.05, 0) is 50.2 Å². The van der Waals surface area contributed by atoms with E-state index in [0.717, 1.165) is 16.7 Å². The number of methoxy groups -OCH3 is 1. The standard InChI is InChI=1S/C20H22N2O3/c1-4-25-16-9-10-18-15(13-16)11-12-22(18)14(2)20(23)21-17-7-5-6-8-19(17)24-3/h5-14H,4H2,1-3H3,(H,21,23). The molecule has 1 unspecified atom stereocenters. The smallest absolute Gasteiger partial charge is 0.247 e. The summed E-state index contributed by atoms with van der Waals surface area (Å²) in [4.78, 5) is 12.7. The fourth-order valence-corrected chi connectivity index (χ4v) is 2.85. The summed E-state index contributed by atoms with van der Waals surface area (Å²) in [6, 6.07) is 14.9. The van der Waals surface area contributed by atoms with E-state index in [0.29, 0.717) is 18.0 Å². The van der Waals surface area contributed by atoms with E-state index in [9.17, 15) is 4.79 Å². The van der Waals surface area contributed by atoms with Crippen LogP contribution in [-0.4, -0.2) is 24.2 Å². The summed E-state index contributed by atoms with van der Waals surface area (Å²) in [6.07, 6.45) is 1.92. The molecular weight excluding hydrogens is 316 g/mol. The Morgan fingerprint density at radius 3 is 2.76 bits per heavy atom. The van der Waals surface area contributed by atoms with Gasteiger partial charge in [0.25, 0.3) is 0 Å². The normalized spacial score (nSPS) is 12.0. The Morgan fingerprint density at radius 1 is 1.20 bits per heavy atom. The van der Waals surface area contributed by atoms with Crippen LogP contribution in [0.4, 0.5) is 5.69 Å². The molecule has 0 aliphatic carbocycles. The quantitative estimate of drug-likeness (QED) is 0.731. The van der Waals surface area contributed by atoms with Gasteiger partial charge in [-0.15, -0.1) is 0 Å². The van der Waals surface area contributed by atoms with Crippen LogP contribution in [0.5, 0.6) is 11.5 Å². The second kappa shape index (κ2) is 7.30. The molecule has 0 bridgehead atoms. The highest BCUT2D eigenvalue weighted by molar-refractivity contribution is 5.96. The Balaban J connectivity index is 1.83. The number of carbonyl (C=O) groups excluding carboxylic acids is 1. The van der Waals surface area contributed by atoms with Gasteiger partial charge in [-0.3, -0.25) is 4.79 Å². The number of anilines is 1. The van der Waals surface area contributed by atoms with Crippen molar-refractivity contribution in [3.8, 4) is 11.5 Å². The Hall–Kier alpha value is -2.95. The fraction of sp³-hybridized carbons (Fsp3) is 0.250. The lowest BCUT2D eigenvalue weighted by atomic mass is 10.2. The number of nitrogens with zero attached hydrogens (tertiary/aromatic N) is 1. The van der Waals surface area contributed by atoms with E-state index >= 15 is 0 Å². The first-order chi connectivity index (χ1) is 12.1. The third-order valence-electron chi connectivity index (χ3n) is 4.16. The van der Waals surface area contributed by atoms with E-state index < -0.39 is 0 Å². The monoisotopic (exact) mass is 338 g/mol. The number of fused-ring (bicyclic) bond motifs is 1. The van der Waals surface area contributed by atoms with Gasteiger partial charge in [-0.2, -0.15) is 0 Å². The highest BCUT2D eigenvalue weighted by Gasteiger charge is 2.18. The molecule has 0 saturated heterocycles. The molecule has 0 aliphatic rings. The minimum Gasteiger partial charge on any atom is -0.495 e. The third kappa shape index (κ3) is 3.45. The van der Waals surface area contributed by atoms with Crippen LogP contribution in [0.1, 0.15) is 19.9 Å². The molecule has 1 atom stereocenters. The molecule has 3 rings (SSSR count). The molecule has 0 fully saturated rings. The Kier molecular flexibility index (Phi) is 4.93. The van der Waals surface area contributed by atoms with Crippen LogP contribution in [-0.2, 0) is 4.79 Å². The fourth-order valence-electron chi connectivity index (χ4n) is 2.85. The largest absolute Gasteiger partial charge is 0.495 e. The van der Waals surface area contributed by atoms with Crippen molar-refractivity contribution in [2.75, 3.05) is 19.0 Å². The number of amides is 1. The Morgan fingerprint density at radius 2 is 2.00 bits per heavy atom. The van der Waals surface area contributed by atoms with Crippen molar-refractivity contribution in [3.05, 3.63) is 54.7 Å². The van der Waals surface area contributed by atoms with Crippen LogP contribution >= 0.6 is 0 Å². The maximum absolute atomic E-state index is 12.7. The molecule has 2 aromatic carbocycles. The number of hydrogen-bond donors (Lipinski definition) is 1. The average Bonchev–Trinajstić information content (AvgIpc) is 3.05. The lowest BCUT2D eigenvalue weighted by molar-refractivity contribution is -0.118. The third-order valence-corrected chi connectivity index (χ3v) is 4.16. The number of para-hydroxylation sites is 2. The summed E-state index contributed by atoms with van der Waals surface area (Å²) in [5.74, 6) is 1.37. The zero-order valence-electron chi connectivity index (χ0n) is 14.7. The van der Waals surface area contributed by atoms with Crippen molar-refractivity contribution in [1.29, 1.82) is 0 Å². The molecule has 1 amide bonds. The number of benzene rings is 2. The SMILES string of the molecule is CCOc1ccc2c(ccn2C(C)C(=O)Nc2ccccc2OC)c1. The lowest BCUT2D eigenvalue weighted by Gasteiger charge is -2.17. The predicted molar refractivity (Wildman–Crippen MR) is 99.4 cm³/mol. The number of carbonyl (C=O) groups is 1. The van der Waals surface area contributed by atoms with Crippen LogP contribution in [0.3, 0.4) is 0 Å². The molecule has 1 aromatic heterocycles. The number of rotatable bonds is 6. The average molecular weight is 338 g/mol. The first-order valence-electron chi connectivity index (χ1n) is 8.31. The van der Waals surface area contributed by atoms with Gasteiger partial charge in [0.15, 0.2) is 0 Å². The van der Waals surface area contributed by atoms with Crippen molar-refractivity contribution in [3.63, 3.8) is 0 Å². The number of ether oxygens (including phenoxy) is 2. The zero-order chi connectivity index (χ0) is 17.8. The van der Waals surface area contributed by atoms with Gasteiger partial charge in [-0.25, -0.2) is 0 Å². The van der Waals surface area contributed by atoms with Crippen molar-refractivity contribution >= 4 is 22.5 Å². The first-order valence-corrected chi connectivity index (χ1v) is 8.31. The first kappa shape index (κ1) is 16.9. The molecule has 0 spiro atoms. The molecule has 5 heteroatoms. The highest BCUT2D eigenvalue weighted by atomic mass is 16.5. The molecule has 25 heavy (non-hydrogen) atoms. The second-order valence-corrected chi connectivity index (χ2v) is 5.74. The van der Waals surface area contributed by atoms with Gasteiger partial charge in [0, 0.05) is 17.1 Å². The molecule has 1 heterocycles. The summed E-state index contributed by atoms with van der Waals surface area (Å²) < 4.78 is 12.8. The van der Waals surface area contributed by atoms with Crippen LogP contribution in [0, 0.1) is 0 Å². The number of hydrogen-bond acceptors (Lipinski definition) is 3. The van der Waals surface area contributed by atoms with E-state index in [2.05, 4.69) is 5.32 Å². The van der Waals surface area contributed by atoms with Gasteiger partial charge in [0.05, 0.1) is 19.4 Å². The van der Waals surface area contributed by atoms with Gasteiger partial charge < -0.3 is 19.4 Å². The molecule has 3 aromatic rings. The Labute approximate surface area is 147 Å². The van der Waals surface area contributed by atoms with E-state index in [1.807, 2.05) is 73.1 Å². The van der Waals surface area contributed by atoms with Gasteiger partial charge in [0.1, 0.15) is 17.5 Å². The lowest BCUT2D eigenvalue weighted by Crippen LogP contribution is -2.23. The predicted octanol–water partition coefficient (Wildman–Crippen LogP) is 4.25. The maximum atomic E-state index is 12.7. The Bertz CT molecular complexity index is 886. The number of aromatic nitrogens is 1. The molecular formula is C20H22N2O3. The van der Waals surface area contributed by atoms with Crippen molar-refractivity contribution < 1.29 is 14.3 Å². The molecule has 130 valence electrons. The van der Waals surface area contributed by atoms with Crippen LogP contribution < -0.4 is 14.8 Å². The summed E-state index contributed by atoms with van der Waals surface area (Å²) in [5, 5.41) is 3.98. The maximum Gasteiger partial charge on any atom is 0.247 e.